The maximum atomic E-state index is 4.71. The molecule has 0 aliphatic carbocycles. The molecule has 0 amide bonds. The fraction of sp³-hybridized carbons (Fsp3) is 0.438. The Balaban J connectivity index is 1.71. The smallest absolute Gasteiger partial charge is 0.131 e. The summed E-state index contributed by atoms with van der Waals surface area (Å²) in [4.78, 5) is 16.0. The van der Waals surface area contributed by atoms with Crippen LogP contribution >= 0.6 is 15.9 Å². The average molecular weight is 347 g/mol. The minimum atomic E-state index is 0.389. The van der Waals surface area contributed by atoms with Gasteiger partial charge in [-0.2, -0.15) is 0 Å². The Kier molecular flexibility index (Phi) is 4.31. The minimum Gasteiger partial charge on any atom is -0.293 e. The highest BCUT2D eigenvalue weighted by Crippen LogP contribution is 2.20. The first-order chi connectivity index (χ1) is 10.1. The molecule has 0 N–H and O–H groups in total. The van der Waals surface area contributed by atoms with Crippen LogP contribution in [0.2, 0.25) is 0 Å². The first-order valence-electron chi connectivity index (χ1n) is 7.29. The summed E-state index contributed by atoms with van der Waals surface area (Å²) in [5, 5.41) is 0. The number of hydrogen-bond donors (Lipinski definition) is 0. The highest BCUT2D eigenvalue weighted by molar-refractivity contribution is 9.10. The lowest BCUT2D eigenvalue weighted by Gasteiger charge is -2.27. The number of pyridine rings is 1. The van der Waals surface area contributed by atoms with E-state index in [1.54, 1.807) is 0 Å². The predicted molar refractivity (Wildman–Crippen MR) is 85.9 cm³/mol. The zero-order valence-electron chi connectivity index (χ0n) is 12.4. The molecule has 0 aromatic carbocycles. The normalized spacial score (nSPS) is 15.2. The summed E-state index contributed by atoms with van der Waals surface area (Å²) in [6.07, 6.45) is 4.85. The Morgan fingerprint density at radius 3 is 2.81 bits per heavy atom. The molecule has 3 rings (SSSR count). The van der Waals surface area contributed by atoms with Gasteiger partial charge in [0.25, 0.3) is 0 Å². The molecule has 110 valence electrons. The summed E-state index contributed by atoms with van der Waals surface area (Å²) in [5.41, 5.74) is 3.57. The van der Waals surface area contributed by atoms with Gasteiger partial charge in [0.1, 0.15) is 5.82 Å². The summed E-state index contributed by atoms with van der Waals surface area (Å²) in [5.74, 6) is 1.34. The van der Waals surface area contributed by atoms with Crippen LogP contribution in [-0.4, -0.2) is 26.4 Å². The standard InChI is InChI=1S/C16H19BrN4/c1-11(2)16-19-7-12-9-21(6-5-15(12)20-16)10-14-4-3-13(17)8-18-14/h3-4,7-8,11H,5-6,9-10H2,1-2H3. The van der Waals surface area contributed by atoms with E-state index < -0.39 is 0 Å². The van der Waals surface area contributed by atoms with Crippen molar-refractivity contribution in [3.05, 3.63) is 51.8 Å². The van der Waals surface area contributed by atoms with Crippen molar-refractivity contribution < 1.29 is 0 Å². The first-order valence-corrected chi connectivity index (χ1v) is 8.08. The van der Waals surface area contributed by atoms with Crippen molar-refractivity contribution in [2.75, 3.05) is 6.54 Å². The number of fused-ring (bicyclic) bond motifs is 1. The Hall–Kier alpha value is -1.33. The van der Waals surface area contributed by atoms with Crippen LogP contribution in [0.1, 0.15) is 42.5 Å². The summed E-state index contributed by atoms with van der Waals surface area (Å²) in [7, 11) is 0. The number of hydrogen-bond acceptors (Lipinski definition) is 4. The molecule has 0 bridgehead atoms. The second kappa shape index (κ2) is 6.20. The van der Waals surface area contributed by atoms with E-state index in [0.717, 1.165) is 42.0 Å². The van der Waals surface area contributed by atoms with Crippen molar-refractivity contribution in [3.8, 4) is 0 Å². The Morgan fingerprint density at radius 1 is 1.24 bits per heavy atom. The van der Waals surface area contributed by atoms with Crippen molar-refractivity contribution in [2.24, 2.45) is 0 Å². The molecule has 0 saturated carbocycles. The SMILES string of the molecule is CC(C)c1ncc2c(n1)CCN(Cc1ccc(Br)cn1)C2. The van der Waals surface area contributed by atoms with Crippen LogP contribution in [0.4, 0.5) is 0 Å². The monoisotopic (exact) mass is 346 g/mol. The molecule has 0 spiro atoms. The van der Waals surface area contributed by atoms with Gasteiger partial charge in [-0.1, -0.05) is 13.8 Å². The lowest BCUT2D eigenvalue weighted by Crippen LogP contribution is -2.31. The van der Waals surface area contributed by atoms with E-state index in [1.807, 2.05) is 18.5 Å². The third-order valence-electron chi connectivity index (χ3n) is 3.72. The molecule has 3 heterocycles. The van der Waals surface area contributed by atoms with Crippen LogP contribution in [0.5, 0.6) is 0 Å². The summed E-state index contributed by atoms with van der Waals surface area (Å²) in [6, 6.07) is 4.11. The van der Waals surface area contributed by atoms with Crippen molar-refractivity contribution in [1.29, 1.82) is 0 Å². The van der Waals surface area contributed by atoms with E-state index in [4.69, 9.17) is 4.98 Å². The van der Waals surface area contributed by atoms with Gasteiger partial charge in [0, 0.05) is 60.1 Å². The number of halogens is 1. The topological polar surface area (TPSA) is 41.9 Å². The van der Waals surface area contributed by atoms with Gasteiger partial charge >= 0.3 is 0 Å². The van der Waals surface area contributed by atoms with Gasteiger partial charge in [0.15, 0.2) is 0 Å². The van der Waals surface area contributed by atoms with E-state index in [9.17, 15) is 0 Å². The molecule has 1 aliphatic heterocycles. The summed E-state index contributed by atoms with van der Waals surface area (Å²) in [6.45, 7) is 7.08. The summed E-state index contributed by atoms with van der Waals surface area (Å²) < 4.78 is 1.02. The molecule has 0 atom stereocenters. The third-order valence-corrected chi connectivity index (χ3v) is 4.19. The molecule has 5 heteroatoms. The summed E-state index contributed by atoms with van der Waals surface area (Å²) >= 11 is 3.42. The zero-order chi connectivity index (χ0) is 14.8. The molecule has 0 fully saturated rings. The van der Waals surface area contributed by atoms with Crippen LogP contribution in [0.15, 0.2) is 29.0 Å². The molecule has 0 unspecified atom stereocenters. The van der Waals surface area contributed by atoms with E-state index in [0.29, 0.717) is 5.92 Å². The highest BCUT2D eigenvalue weighted by Gasteiger charge is 2.19. The van der Waals surface area contributed by atoms with Crippen LogP contribution in [0.25, 0.3) is 0 Å². The molecule has 21 heavy (non-hydrogen) atoms. The zero-order valence-corrected chi connectivity index (χ0v) is 14.0. The van der Waals surface area contributed by atoms with Gasteiger partial charge in [0.2, 0.25) is 0 Å². The molecule has 0 saturated heterocycles. The van der Waals surface area contributed by atoms with Crippen molar-refractivity contribution in [1.82, 2.24) is 19.9 Å². The van der Waals surface area contributed by atoms with Crippen LogP contribution in [0, 0.1) is 0 Å². The van der Waals surface area contributed by atoms with Crippen molar-refractivity contribution in [3.63, 3.8) is 0 Å². The molecule has 0 radical (unpaired) electrons. The second-order valence-corrected chi connectivity index (χ2v) is 6.70. The predicted octanol–water partition coefficient (Wildman–Crippen LogP) is 3.32. The number of nitrogens with zero attached hydrogens (tertiary/aromatic N) is 4. The largest absolute Gasteiger partial charge is 0.293 e. The van der Waals surface area contributed by atoms with Gasteiger partial charge in [-0.05, 0) is 28.1 Å². The molecule has 1 aliphatic rings. The Labute approximate surface area is 133 Å². The number of rotatable bonds is 3. The van der Waals surface area contributed by atoms with E-state index in [1.165, 1.54) is 11.3 Å². The van der Waals surface area contributed by atoms with E-state index in [-0.39, 0.29) is 0 Å². The maximum Gasteiger partial charge on any atom is 0.131 e. The number of aromatic nitrogens is 3. The van der Waals surface area contributed by atoms with E-state index in [2.05, 4.69) is 50.7 Å². The van der Waals surface area contributed by atoms with Gasteiger partial charge in [-0.3, -0.25) is 9.88 Å². The minimum absolute atomic E-state index is 0.389. The Bertz CT molecular complexity index is 625. The average Bonchev–Trinajstić information content (AvgIpc) is 2.49. The molecule has 2 aromatic heterocycles. The van der Waals surface area contributed by atoms with Crippen LogP contribution in [0.3, 0.4) is 0 Å². The van der Waals surface area contributed by atoms with E-state index >= 15 is 0 Å². The quantitative estimate of drug-likeness (QED) is 0.854. The second-order valence-electron chi connectivity index (χ2n) is 5.78. The van der Waals surface area contributed by atoms with Crippen LogP contribution in [-0.2, 0) is 19.5 Å². The van der Waals surface area contributed by atoms with Gasteiger partial charge < -0.3 is 0 Å². The van der Waals surface area contributed by atoms with Gasteiger partial charge in [-0.25, -0.2) is 9.97 Å². The first kappa shape index (κ1) is 14.6. The molecular weight excluding hydrogens is 328 g/mol. The molecular formula is C16H19BrN4. The maximum absolute atomic E-state index is 4.71. The molecule has 2 aromatic rings. The van der Waals surface area contributed by atoms with Crippen molar-refractivity contribution >= 4 is 15.9 Å². The fourth-order valence-corrected chi connectivity index (χ4v) is 2.77. The van der Waals surface area contributed by atoms with Gasteiger partial charge in [-0.15, -0.1) is 0 Å². The molecule has 4 nitrogen and oxygen atoms in total. The Morgan fingerprint density at radius 2 is 2.10 bits per heavy atom. The lowest BCUT2D eigenvalue weighted by atomic mass is 10.1. The third kappa shape index (κ3) is 3.47. The van der Waals surface area contributed by atoms with Crippen molar-refractivity contribution in [2.45, 2.75) is 39.3 Å². The fourth-order valence-electron chi connectivity index (χ4n) is 2.53. The van der Waals surface area contributed by atoms with Crippen LogP contribution < -0.4 is 0 Å². The highest BCUT2D eigenvalue weighted by atomic mass is 79.9. The lowest BCUT2D eigenvalue weighted by molar-refractivity contribution is 0.239. The van der Waals surface area contributed by atoms with Gasteiger partial charge in [0.05, 0.1) is 5.69 Å².